The number of carbonyl (C=O) groups is 1. The van der Waals surface area contributed by atoms with E-state index in [1.807, 2.05) is 16.2 Å². The fraction of sp³-hybridized carbons (Fsp3) is 0.500. The molecule has 164 valence electrons. The van der Waals surface area contributed by atoms with E-state index in [2.05, 4.69) is 36.8 Å². The molecule has 1 aliphatic carbocycles. The van der Waals surface area contributed by atoms with Crippen LogP contribution in [0.15, 0.2) is 58.0 Å². The first-order valence-electron chi connectivity index (χ1n) is 10.1. The van der Waals surface area contributed by atoms with Gasteiger partial charge in [-0.2, -0.15) is 0 Å². The number of methoxy groups -OCH3 is 1. The topological polar surface area (TPSA) is 63.5 Å². The zero-order valence-corrected chi connectivity index (χ0v) is 20.7. The summed E-state index contributed by atoms with van der Waals surface area (Å²) >= 11 is 1.46. The van der Waals surface area contributed by atoms with Gasteiger partial charge in [0, 0.05) is 0 Å². The van der Waals surface area contributed by atoms with Crippen molar-refractivity contribution < 1.29 is 35.7 Å². The molecule has 3 atom stereocenters. The monoisotopic (exact) mass is 542 g/mol. The molecule has 30 heavy (non-hydrogen) atoms. The zero-order chi connectivity index (χ0) is 21.5. The number of thioether (sulfide) groups is 1. The van der Waals surface area contributed by atoms with Crippen LogP contribution in [-0.2, 0) is 14.3 Å². The normalized spacial score (nSPS) is 26.0. The summed E-state index contributed by atoms with van der Waals surface area (Å²) in [5.74, 6) is 2.33. The van der Waals surface area contributed by atoms with Gasteiger partial charge in [-0.25, -0.2) is 0 Å². The van der Waals surface area contributed by atoms with Crippen LogP contribution in [0.2, 0.25) is 0 Å². The van der Waals surface area contributed by atoms with Crippen molar-refractivity contribution in [3.05, 3.63) is 47.9 Å². The predicted molar refractivity (Wildman–Crippen MR) is 119 cm³/mol. The number of hydrazone groups is 1. The predicted octanol–water partition coefficient (Wildman–Crippen LogP) is 0.799. The molecule has 3 rings (SSSR count). The second-order valence-corrected chi connectivity index (χ2v) is 10.8. The Hall–Kier alpha value is -1.55. The van der Waals surface area contributed by atoms with Crippen molar-refractivity contribution in [3.8, 4) is 0 Å². The summed E-state index contributed by atoms with van der Waals surface area (Å²) in [6.07, 6.45) is 11.0. The van der Waals surface area contributed by atoms with E-state index in [0.29, 0.717) is 25.0 Å². The molecule has 0 N–H and O–H groups in total. The number of rotatable bonds is 10. The molecule has 0 spiro atoms. The zero-order valence-electron chi connectivity index (χ0n) is 17.7. The van der Waals surface area contributed by atoms with Crippen molar-refractivity contribution in [3.63, 3.8) is 0 Å². The Balaban J connectivity index is 1.54. The van der Waals surface area contributed by atoms with Crippen molar-refractivity contribution in [2.24, 2.45) is 27.8 Å². The first-order chi connectivity index (χ1) is 14.5. The van der Waals surface area contributed by atoms with Crippen LogP contribution in [0.3, 0.4) is 0 Å². The van der Waals surface area contributed by atoms with Crippen LogP contribution in [0.5, 0.6) is 0 Å². The summed E-state index contributed by atoms with van der Waals surface area (Å²) < 4.78 is 13.5. The van der Waals surface area contributed by atoms with Crippen molar-refractivity contribution >= 4 is 29.0 Å². The summed E-state index contributed by atoms with van der Waals surface area (Å²) in [5, 5.41) is 5.57. The number of allylic oxidation sites excluding steroid dienone is 4. The molecule has 2 unspecified atom stereocenters. The van der Waals surface area contributed by atoms with Gasteiger partial charge in [-0.1, -0.05) is 0 Å². The molecule has 0 fully saturated rings. The number of hydrogen-bond donors (Lipinski definition) is 0. The molecule has 0 saturated carbocycles. The average Bonchev–Trinajstić information content (AvgIpc) is 3.23. The van der Waals surface area contributed by atoms with Gasteiger partial charge >= 0.3 is 194 Å². The molecule has 0 amide bonds. The molecule has 0 saturated heterocycles. The summed E-state index contributed by atoms with van der Waals surface area (Å²) in [6, 6.07) is 0. The SMILES string of the molecule is C=CC/C(=C\C1C=C(C2=CCSC(C[I-]N3CC(C(=O)OCC)C=N3)=N2)[C@H]1C)OC. The summed E-state index contributed by atoms with van der Waals surface area (Å²) in [6.45, 7) is 8.90. The Kier molecular flexibility index (Phi) is 8.61. The molecular formula is C22H29IN3O3S-. The van der Waals surface area contributed by atoms with Crippen LogP contribution in [0.4, 0.5) is 0 Å². The van der Waals surface area contributed by atoms with Gasteiger partial charge in [0.05, 0.1) is 0 Å². The second-order valence-electron chi connectivity index (χ2n) is 7.12. The number of nitrogens with zero attached hydrogens (tertiary/aromatic N) is 3. The van der Waals surface area contributed by atoms with Gasteiger partial charge in [-0.05, 0) is 0 Å². The van der Waals surface area contributed by atoms with E-state index >= 15 is 0 Å². The molecule has 2 aliphatic heterocycles. The Bertz CT molecular complexity index is 818. The van der Waals surface area contributed by atoms with Crippen molar-refractivity contribution in [1.82, 2.24) is 3.22 Å². The van der Waals surface area contributed by atoms with Gasteiger partial charge < -0.3 is 0 Å². The van der Waals surface area contributed by atoms with E-state index in [4.69, 9.17) is 14.5 Å². The number of esters is 1. The van der Waals surface area contributed by atoms with Crippen molar-refractivity contribution in [2.45, 2.75) is 20.3 Å². The van der Waals surface area contributed by atoms with E-state index in [0.717, 1.165) is 28.1 Å². The Morgan fingerprint density at radius 2 is 2.33 bits per heavy atom. The third-order valence-electron chi connectivity index (χ3n) is 5.11. The Morgan fingerprint density at radius 1 is 1.50 bits per heavy atom. The molecule has 0 aromatic heterocycles. The number of aliphatic imine (C=N–C) groups is 1. The van der Waals surface area contributed by atoms with Gasteiger partial charge in [0.25, 0.3) is 0 Å². The van der Waals surface area contributed by atoms with Crippen LogP contribution in [0.1, 0.15) is 20.3 Å². The van der Waals surface area contributed by atoms with Crippen LogP contribution in [0, 0.1) is 17.8 Å². The third-order valence-corrected chi connectivity index (χ3v) is 9.03. The molecule has 0 aromatic rings. The van der Waals surface area contributed by atoms with Crippen LogP contribution in [-0.4, -0.2) is 50.9 Å². The molecule has 0 radical (unpaired) electrons. The van der Waals surface area contributed by atoms with E-state index < -0.39 is 0 Å². The number of carbonyl (C=O) groups excluding carboxylic acids is 1. The summed E-state index contributed by atoms with van der Waals surface area (Å²) in [7, 11) is 1.71. The standard InChI is InChI=1S/C22H29IN3O3S/c1-5-7-18(28-4)10-16-11-19(15(16)3)20-8-9-30-21(25-20)12-23-26-14-17(13-24-26)22(27)29-6-2/h5,8,10-11,13,15-17H,1,6-7,9,12,14H2,2-4H3/q-1/b18-10+/t15-,16?,17?/m0/s1. The molecule has 2 heterocycles. The Morgan fingerprint density at radius 3 is 3.03 bits per heavy atom. The maximum absolute atomic E-state index is 11.8. The van der Waals surface area contributed by atoms with E-state index in [-0.39, 0.29) is 33.4 Å². The summed E-state index contributed by atoms with van der Waals surface area (Å²) in [4.78, 5) is 16.8. The van der Waals surface area contributed by atoms with Crippen LogP contribution >= 0.6 is 11.8 Å². The fourth-order valence-corrected chi connectivity index (χ4v) is 6.89. The van der Waals surface area contributed by atoms with Crippen LogP contribution < -0.4 is 21.5 Å². The molecule has 0 bridgehead atoms. The van der Waals surface area contributed by atoms with Gasteiger partial charge in [0.1, 0.15) is 0 Å². The first-order valence-corrected chi connectivity index (χ1v) is 13.6. The summed E-state index contributed by atoms with van der Waals surface area (Å²) in [5.41, 5.74) is 2.43. The maximum atomic E-state index is 11.8. The average molecular weight is 542 g/mol. The number of alkyl halides is 1. The Labute approximate surface area is 193 Å². The fourth-order valence-electron chi connectivity index (χ4n) is 3.35. The molecular weight excluding hydrogens is 513 g/mol. The van der Waals surface area contributed by atoms with E-state index in [9.17, 15) is 4.79 Å². The van der Waals surface area contributed by atoms with E-state index in [1.165, 1.54) is 10.6 Å². The number of halogens is 1. The minimum atomic E-state index is -0.338. The van der Waals surface area contributed by atoms with Gasteiger partial charge in [-0.15, -0.1) is 0 Å². The van der Waals surface area contributed by atoms with Gasteiger partial charge in [0.15, 0.2) is 0 Å². The minimum absolute atomic E-state index is 0.179. The van der Waals surface area contributed by atoms with Gasteiger partial charge in [0.2, 0.25) is 0 Å². The quantitative estimate of drug-likeness (QED) is 0.102. The number of ether oxygens (including phenoxy) is 2. The molecule has 3 aliphatic rings. The molecule has 8 heteroatoms. The van der Waals surface area contributed by atoms with Crippen molar-refractivity contribution in [1.29, 1.82) is 0 Å². The second kappa shape index (κ2) is 11.2. The van der Waals surface area contributed by atoms with E-state index in [1.54, 1.807) is 25.1 Å². The third kappa shape index (κ3) is 5.78. The van der Waals surface area contributed by atoms with Gasteiger partial charge in [-0.3, -0.25) is 0 Å². The molecule has 6 nitrogen and oxygen atoms in total. The number of hydrogen-bond acceptors (Lipinski definition) is 7. The first kappa shape index (κ1) is 23.1. The van der Waals surface area contributed by atoms with Crippen LogP contribution in [0.25, 0.3) is 0 Å². The molecule has 0 aromatic carbocycles. The van der Waals surface area contributed by atoms with Crippen molar-refractivity contribution in [2.75, 3.05) is 30.4 Å².